The summed E-state index contributed by atoms with van der Waals surface area (Å²) in [6.07, 6.45) is 0. The lowest BCUT2D eigenvalue weighted by Gasteiger charge is -2.08. The van der Waals surface area contributed by atoms with Gasteiger partial charge in [0.15, 0.2) is 8.68 Å². The van der Waals surface area contributed by atoms with Crippen molar-refractivity contribution in [3.63, 3.8) is 0 Å². The Hall–Kier alpha value is -1.08. The molecule has 2 aromatic heterocycles. The summed E-state index contributed by atoms with van der Waals surface area (Å²) in [5.74, 6) is 1.47. The first-order valence-electron chi connectivity index (χ1n) is 6.91. The molecule has 0 saturated carbocycles. The number of nitrogens with one attached hydrogen (secondary N) is 1. The van der Waals surface area contributed by atoms with Crippen LogP contribution in [0, 0.1) is 17.2 Å². The maximum atomic E-state index is 12.2. The number of nitriles is 1. The molecule has 0 aromatic carbocycles. The molecule has 2 aromatic rings. The number of thiophene rings is 1. The van der Waals surface area contributed by atoms with Gasteiger partial charge in [0.25, 0.3) is 0 Å². The van der Waals surface area contributed by atoms with Crippen molar-refractivity contribution in [2.75, 3.05) is 11.1 Å². The second-order valence-corrected chi connectivity index (χ2v) is 9.81. The largest absolute Gasteiger partial charge is 0.316 e. The maximum absolute atomic E-state index is 12.2. The first kappa shape index (κ1) is 18.3. The zero-order chi connectivity index (χ0) is 16.8. The Morgan fingerprint density at radius 2 is 2.13 bits per heavy atom. The third-order valence-corrected chi connectivity index (χ3v) is 7.09. The summed E-state index contributed by atoms with van der Waals surface area (Å²) >= 11 is 5.93. The predicted molar refractivity (Wildman–Crippen MR) is 98.5 cm³/mol. The Labute approximate surface area is 151 Å². The van der Waals surface area contributed by atoms with Gasteiger partial charge in [-0.2, -0.15) is 5.26 Å². The van der Waals surface area contributed by atoms with Crippen LogP contribution in [0.25, 0.3) is 0 Å². The third kappa shape index (κ3) is 5.49. The monoisotopic (exact) mass is 384 g/mol. The molecular weight excluding hydrogens is 368 g/mol. The van der Waals surface area contributed by atoms with Crippen LogP contribution in [0.1, 0.15) is 26.3 Å². The summed E-state index contributed by atoms with van der Waals surface area (Å²) in [6, 6.07) is 3.76. The van der Waals surface area contributed by atoms with E-state index < -0.39 is 0 Å². The van der Waals surface area contributed by atoms with Gasteiger partial charge in [-0.15, -0.1) is 21.5 Å². The van der Waals surface area contributed by atoms with Gasteiger partial charge in [0.1, 0.15) is 11.1 Å². The minimum atomic E-state index is -0.306. The van der Waals surface area contributed by atoms with Crippen LogP contribution in [0.3, 0.4) is 0 Å². The quantitative estimate of drug-likeness (QED) is 0.716. The molecule has 0 spiro atoms. The van der Waals surface area contributed by atoms with Crippen molar-refractivity contribution in [3.05, 3.63) is 17.0 Å². The van der Waals surface area contributed by atoms with E-state index in [2.05, 4.69) is 35.4 Å². The van der Waals surface area contributed by atoms with E-state index in [1.54, 1.807) is 23.2 Å². The second-order valence-electron chi connectivity index (χ2n) is 5.06. The lowest BCUT2D eigenvalue weighted by Crippen LogP contribution is -2.22. The molecule has 0 radical (unpaired) electrons. The van der Waals surface area contributed by atoms with E-state index in [-0.39, 0.29) is 11.2 Å². The number of aromatic nitrogens is 2. The minimum Gasteiger partial charge on any atom is -0.316 e. The Bertz CT molecular complexity index is 704. The molecule has 0 aliphatic rings. The van der Waals surface area contributed by atoms with Crippen LogP contribution in [0.2, 0.25) is 0 Å². The average molecular weight is 385 g/mol. The molecule has 23 heavy (non-hydrogen) atoms. The summed E-state index contributed by atoms with van der Waals surface area (Å²) in [5.41, 5.74) is 0.490. The van der Waals surface area contributed by atoms with Gasteiger partial charge < -0.3 is 5.32 Å². The van der Waals surface area contributed by atoms with Gasteiger partial charge in [-0.05, 0) is 24.3 Å². The first-order valence-corrected chi connectivity index (χ1v) is 10.5. The van der Waals surface area contributed by atoms with Crippen LogP contribution < -0.4 is 5.32 Å². The van der Waals surface area contributed by atoms with Crippen molar-refractivity contribution in [3.8, 4) is 6.07 Å². The number of anilines is 1. The second kappa shape index (κ2) is 8.68. The number of carbonyl (C=O) groups excluding carboxylic acids is 1. The molecule has 0 saturated heterocycles. The summed E-state index contributed by atoms with van der Waals surface area (Å²) in [5, 5.41) is 22.1. The van der Waals surface area contributed by atoms with E-state index in [1.165, 1.54) is 34.4 Å². The molecule has 2 heterocycles. The number of rotatable bonds is 7. The molecule has 1 atom stereocenters. The van der Waals surface area contributed by atoms with E-state index >= 15 is 0 Å². The molecule has 0 aliphatic carbocycles. The highest BCUT2D eigenvalue weighted by atomic mass is 32.2. The lowest BCUT2D eigenvalue weighted by atomic mass is 10.3. The molecule has 5 nitrogen and oxygen atoms in total. The van der Waals surface area contributed by atoms with Crippen molar-refractivity contribution < 1.29 is 4.79 Å². The van der Waals surface area contributed by atoms with Gasteiger partial charge in [0, 0.05) is 5.75 Å². The van der Waals surface area contributed by atoms with Crippen LogP contribution in [0.15, 0.2) is 20.1 Å². The zero-order valence-electron chi connectivity index (χ0n) is 12.9. The number of nitrogens with zero attached hydrogens (tertiary/aromatic N) is 3. The van der Waals surface area contributed by atoms with Crippen molar-refractivity contribution in [2.24, 2.45) is 5.92 Å². The van der Waals surface area contributed by atoms with Crippen molar-refractivity contribution in [1.82, 2.24) is 10.2 Å². The Morgan fingerprint density at radius 1 is 1.39 bits per heavy atom. The number of amides is 1. The van der Waals surface area contributed by atoms with Crippen LogP contribution in [-0.2, 0) is 4.79 Å². The van der Waals surface area contributed by atoms with Crippen molar-refractivity contribution in [1.29, 1.82) is 5.26 Å². The smallest absolute Gasteiger partial charge is 0.238 e. The molecule has 0 fully saturated rings. The standard InChI is InChI=1S/C14H16N4OS4/c1-8(2)7-21-13-17-18-14(23-13)22-9(3)11(19)16-12-10(6-15)4-5-20-12/h4-5,8-9H,7H2,1-3H3,(H,16,19)/t9-/m1/s1. The molecule has 0 unspecified atom stereocenters. The van der Waals surface area contributed by atoms with Gasteiger partial charge >= 0.3 is 0 Å². The maximum Gasteiger partial charge on any atom is 0.238 e. The van der Waals surface area contributed by atoms with E-state index in [0.29, 0.717) is 16.5 Å². The van der Waals surface area contributed by atoms with Crippen LogP contribution in [0.4, 0.5) is 5.00 Å². The molecule has 1 amide bonds. The highest BCUT2D eigenvalue weighted by molar-refractivity contribution is 8.03. The van der Waals surface area contributed by atoms with Gasteiger partial charge in [-0.1, -0.05) is 48.7 Å². The zero-order valence-corrected chi connectivity index (χ0v) is 16.2. The molecule has 122 valence electrons. The molecule has 2 rings (SSSR count). The number of hydrogen-bond donors (Lipinski definition) is 1. The Morgan fingerprint density at radius 3 is 2.83 bits per heavy atom. The number of thioether (sulfide) groups is 2. The normalized spacial score (nSPS) is 12.1. The molecule has 0 bridgehead atoms. The highest BCUT2D eigenvalue weighted by Gasteiger charge is 2.19. The fourth-order valence-electron chi connectivity index (χ4n) is 1.45. The summed E-state index contributed by atoms with van der Waals surface area (Å²) in [4.78, 5) is 12.2. The number of hydrogen-bond acceptors (Lipinski definition) is 8. The SMILES string of the molecule is CC(C)CSc1nnc(S[C@H](C)C(=O)Nc2sccc2C#N)s1. The molecular formula is C14H16N4OS4. The van der Waals surface area contributed by atoms with Crippen molar-refractivity contribution >= 4 is 57.1 Å². The lowest BCUT2D eigenvalue weighted by molar-refractivity contribution is -0.115. The molecule has 1 N–H and O–H groups in total. The van der Waals surface area contributed by atoms with Crippen LogP contribution >= 0.6 is 46.2 Å². The molecule has 9 heteroatoms. The topological polar surface area (TPSA) is 78.7 Å². The van der Waals surface area contributed by atoms with E-state index in [9.17, 15) is 4.79 Å². The fraction of sp³-hybridized carbons (Fsp3) is 0.429. The first-order chi connectivity index (χ1) is 11.0. The summed E-state index contributed by atoms with van der Waals surface area (Å²) in [6.45, 7) is 6.15. The fourth-order valence-corrected chi connectivity index (χ4v) is 5.33. The van der Waals surface area contributed by atoms with Gasteiger partial charge in [-0.3, -0.25) is 4.79 Å². The van der Waals surface area contributed by atoms with Crippen LogP contribution in [0.5, 0.6) is 0 Å². The minimum absolute atomic E-state index is 0.138. The van der Waals surface area contributed by atoms with E-state index in [4.69, 9.17) is 5.26 Å². The highest BCUT2D eigenvalue weighted by Crippen LogP contribution is 2.32. The van der Waals surface area contributed by atoms with E-state index in [0.717, 1.165) is 14.4 Å². The molecule has 0 aliphatic heterocycles. The summed E-state index contributed by atoms with van der Waals surface area (Å²) in [7, 11) is 0. The van der Waals surface area contributed by atoms with E-state index in [1.807, 2.05) is 6.92 Å². The third-order valence-electron chi connectivity index (χ3n) is 2.60. The Balaban J connectivity index is 1.90. The Kier molecular flexibility index (Phi) is 6.89. The van der Waals surface area contributed by atoms with Gasteiger partial charge in [0.05, 0.1) is 10.8 Å². The van der Waals surface area contributed by atoms with Crippen molar-refractivity contribution in [2.45, 2.75) is 34.7 Å². The number of carbonyl (C=O) groups is 1. The van der Waals surface area contributed by atoms with Gasteiger partial charge in [-0.25, -0.2) is 0 Å². The average Bonchev–Trinajstić information content (AvgIpc) is 3.14. The summed E-state index contributed by atoms with van der Waals surface area (Å²) < 4.78 is 1.71. The van der Waals surface area contributed by atoms with Gasteiger partial charge in [0.2, 0.25) is 5.91 Å². The predicted octanol–water partition coefficient (Wildman–Crippen LogP) is 4.34. The van der Waals surface area contributed by atoms with Crippen LogP contribution in [-0.4, -0.2) is 27.1 Å².